The van der Waals surface area contributed by atoms with Gasteiger partial charge in [-0.2, -0.15) is 4.39 Å². The molecule has 0 aliphatic heterocycles. The molecule has 0 atom stereocenters. The van der Waals surface area contributed by atoms with Crippen molar-refractivity contribution in [3.63, 3.8) is 0 Å². The fourth-order valence-electron chi connectivity index (χ4n) is 0.437. The zero-order chi connectivity index (χ0) is 8.20. The number of ether oxygens (including phenoxy) is 1. The minimum atomic E-state index is -1.32. The third kappa shape index (κ3) is 7.56. The molecule has 0 saturated heterocycles. The Kier molecular flexibility index (Phi) is 3.50. The molecule has 0 saturated carbocycles. The predicted molar refractivity (Wildman–Crippen MR) is 36.4 cm³/mol. The Morgan fingerprint density at radius 3 is 2.30 bits per heavy atom. The summed E-state index contributed by atoms with van der Waals surface area (Å²) in [6.07, 6.45) is -0.142. The van der Waals surface area contributed by atoms with Crippen LogP contribution in [0.4, 0.5) is 4.39 Å². The minimum absolute atomic E-state index is 0.142. The van der Waals surface area contributed by atoms with Crippen LogP contribution >= 0.6 is 0 Å². The Morgan fingerprint density at radius 1 is 1.50 bits per heavy atom. The summed E-state index contributed by atoms with van der Waals surface area (Å²) in [4.78, 5) is 9.78. The van der Waals surface area contributed by atoms with E-state index in [1.807, 2.05) is 20.8 Å². The van der Waals surface area contributed by atoms with Crippen LogP contribution in [0.1, 0.15) is 27.2 Å². The number of rotatable bonds is 3. The highest BCUT2D eigenvalue weighted by Crippen LogP contribution is 2.06. The summed E-state index contributed by atoms with van der Waals surface area (Å²) in [5.41, 5.74) is -0.282. The fourth-order valence-corrected chi connectivity index (χ4v) is 0.437. The molecular weight excluding hydrogens is 135 g/mol. The van der Waals surface area contributed by atoms with Crippen LogP contribution in [0.25, 0.3) is 0 Å². The van der Waals surface area contributed by atoms with Gasteiger partial charge in [0.25, 0.3) is 0 Å². The van der Waals surface area contributed by atoms with Gasteiger partial charge in [0.05, 0.1) is 18.6 Å². The molecule has 0 fully saturated rings. The van der Waals surface area contributed by atoms with Crippen molar-refractivity contribution in [1.82, 2.24) is 0 Å². The lowest BCUT2D eigenvalue weighted by atomic mass is 10.2. The number of halogens is 1. The van der Waals surface area contributed by atoms with Crippen molar-refractivity contribution < 1.29 is 13.9 Å². The summed E-state index contributed by atoms with van der Waals surface area (Å²) in [5, 5.41) is 0. The van der Waals surface area contributed by atoms with E-state index in [1.165, 1.54) is 0 Å². The van der Waals surface area contributed by atoms with Gasteiger partial charge in [0.1, 0.15) is 0 Å². The van der Waals surface area contributed by atoms with Gasteiger partial charge in [0, 0.05) is 0 Å². The summed E-state index contributed by atoms with van der Waals surface area (Å²) >= 11 is 0. The van der Waals surface area contributed by atoms with Crippen LogP contribution in [0.5, 0.6) is 0 Å². The van der Waals surface area contributed by atoms with E-state index in [9.17, 15) is 9.18 Å². The van der Waals surface area contributed by atoms with Gasteiger partial charge < -0.3 is 4.74 Å². The van der Waals surface area contributed by atoms with Crippen LogP contribution in [0.3, 0.4) is 0 Å². The minimum Gasteiger partial charge on any atom is -0.375 e. The lowest BCUT2D eigenvalue weighted by Gasteiger charge is -2.18. The first-order valence-corrected chi connectivity index (χ1v) is 3.24. The van der Waals surface area contributed by atoms with E-state index in [4.69, 9.17) is 4.74 Å². The molecule has 3 heteroatoms. The first-order chi connectivity index (χ1) is 4.42. The highest BCUT2D eigenvalue weighted by Gasteiger charge is 2.10. The average Bonchev–Trinajstić information content (AvgIpc) is 1.59. The molecule has 0 rings (SSSR count). The Morgan fingerprint density at radius 2 is 2.00 bits per heavy atom. The van der Waals surface area contributed by atoms with E-state index >= 15 is 0 Å². The van der Waals surface area contributed by atoms with E-state index in [0.29, 0.717) is 0 Å². The lowest BCUT2D eigenvalue weighted by Crippen LogP contribution is -2.20. The number of carbonyl (C=O) groups is 1. The monoisotopic (exact) mass is 148 g/mol. The Bertz CT molecular complexity index is 115. The second-order valence-electron chi connectivity index (χ2n) is 3.07. The summed E-state index contributed by atoms with van der Waals surface area (Å²) in [5.74, 6) is 0. The Hall–Kier alpha value is -0.440. The van der Waals surface area contributed by atoms with Gasteiger partial charge in [-0.3, -0.25) is 4.79 Å². The van der Waals surface area contributed by atoms with E-state index in [2.05, 4.69) is 0 Å². The highest BCUT2D eigenvalue weighted by molar-refractivity contribution is 5.67. The van der Waals surface area contributed by atoms with Gasteiger partial charge >= 0.3 is 6.04 Å². The van der Waals surface area contributed by atoms with E-state index < -0.39 is 6.04 Å². The number of hydrogen-bond acceptors (Lipinski definition) is 2. The first-order valence-electron chi connectivity index (χ1n) is 3.24. The quantitative estimate of drug-likeness (QED) is 0.569. The number of carbonyl (C=O) groups excluding carboxylic acids is 1. The fraction of sp³-hybridized carbons (Fsp3) is 0.857. The molecule has 0 aromatic carbocycles. The molecule has 0 spiro atoms. The maximum absolute atomic E-state index is 11.6. The molecule has 0 aliphatic carbocycles. The van der Waals surface area contributed by atoms with Gasteiger partial charge in [-0.05, 0) is 20.8 Å². The van der Waals surface area contributed by atoms with Crippen LogP contribution in [0, 0.1) is 0 Å². The maximum atomic E-state index is 11.6. The molecule has 10 heavy (non-hydrogen) atoms. The van der Waals surface area contributed by atoms with Gasteiger partial charge in [0.2, 0.25) is 0 Å². The largest absolute Gasteiger partial charge is 0.375 e. The van der Waals surface area contributed by atoms with Crippen molar-refractivity contribution in [3.8, 4) is 0 Å². The van der Waals surface area contributed by atoms with Crippen molar-refractivity contribution in [3.05, 3.63) is 0 Å². The molecule has 0 amide bonds. The smallest absolute Gasteiger partial charge is 0.303 e. The SMILES string of the molecule is CC(C)(C)OCCC(=O)F. The Balaban J connectivity index is 3.29. The van der Waals surface area contributed by atoms with Gasteiger partial charge in [-0.25, -0.2) is 0 Å². The molecule has 0 heterocycles. The van der Waals surface area contributed by atoms with Crippen molar-refractivity contribution in [2.24, 2.45) is 0 Å². The summed E-state index contributed by atoms with van der Waals surface area (Å²) in [6.45, 7) is 5.74. The van der Waals surface area contributed by atoms with Crippen molar-refractivity contribution >= 4 is 6.04 Å². The van der Waals surface area contributed by atoms with Crippen LogP contribution in [0.15, 0.2) is 0 Å². The van der Waals surface area contributed by atoms with E-state index in [-0.39, 0.29) is 18.6 Å². The van der Waals surface area contributed by atoms with Crippen LogP contribution in [-0.4, -0.2) is 18.2 Å². The molecule has 2 nitrogen and oxygen atoms in total. The average molecular weight is 148 g/mol. The molecule has 0 aromatic rings. The molecule has 0 aromatic heterocycles. The van der Waals surface area contributed by atoms with E-state index in [0.717, 1.165) is 0 Å². The third-order valence-corrected chi connectivity index (χ3v) is 0.834. The predicted octanol–water partition coefficient (Wildman–Crippen LogP) is 1.69. The second-order valence-corrected chi connectivity index (χ2v) is 3.07. The summed E-state index contributed by atoms with van der Waals surface area (Å²) < 4.78 is 16.6. The number of hydrogen-bond donors (Lipinski definition) is 0. The molecule has 0 N–H and O–H groups in total. The molecule has 0 radical (unpaired) electrons. The van der Waals surface area contributed by atoms with Crippen LogP contribution in [0.2, 0.25) is 0 Å². The van der Waals surface area contributed by atoms with Crippen molar-refractivity contribution in [2.75, 3.05) is 6.61 Å². The summed E-state index contributed by atoms with van der Waals surface area (Å²) in [7, 11) is 0. The lowest BCUT2D eigenvalue weighted by molar-refractivity contribution is -0.131. The summed E-state index contributed by atoms with van der Waals surface area (Å²) in [6, 6.07) is -1.32. The molecular formula is C7H13FO2. The zero-order valence-electron chi connectivity index (χ0n) is 6.61. The Labute approximate surface area is 60.4 Å². The van der Waals surface area contributed by atoms with E-state index in [1.54, 1.807) is 0 Å². The third-order valence-electron chi connectivity index (χ3n) is 0.834. The van der Waals surface area contributed by atoms with Crippen molar-refractivity contribution in [1.29, 1.82) is 0 Å². The van der Waals surface area contributed by atoms with Gasteiger partial charge in [0.15, 0.2) is 0 Å². The van der Waals surface area contributed by atoms with Gasteiger partial charge in [-0.1, -0.05) is 0 Å². The second kappa shape index (κ2) is 3.66. The normalized spacial score (nSPS) is 11.6. The zero-order valence-corrected chi connectivity index (χ0v) is 6.61. The molecule has 0 bridgehead atoms. The topological polar surface area (TPSA) is 26.3 Å². The standard InChI is InChI=1S/C7H13FO2/c1-7(2,3)10-5-4-6(8)9/h4-5H2,1-3H3. The maximum Gasteiger partial charge on any atom is 0.303 e. The van der Waals surface area contributed by atoms with Gasteiger partial charge in [-0.15, -0.1) is 0 Å². The van der Waals surface area contributed by atoms with Crippen LogP contribution < -0.4 is 0 Å². The van der Waals surface area contributed by atoms with Crippen LogP contribution in [-0.2, 0) is 9.53 Å². The molecule has 60 valence electrons. The van der Waals surface area contributed by atoms with Crippen molar-refractivity contribution in [2.45, 2.75) is 32.8 Å². The first kappa shape index (κ1) is 9.56. The highest BCUT2D eigenvalue weighted by atomic mass is 19.1. The molecule has 0 aliphatic rings. The molecule has 0 unspecified atom stereocenters.